The average Bonchev–Trinajstić information content (AvgIpc) is 2.20. The van der Waals surface area contributed by atoms with E-state index in [1.54, 1.807) is 4.90 Å². The van der Waals surface area contributed by atoms with Gasteiger partial charge in [0, 0.05) is 19.7 Å². The zero-order valence-electron chi connectivity index (χ0n) is 9.79. The SMILES string of the molecule is CCOCCN(CC)C(=O)C1(N)CCC1. The van der Waals surface area contributed by atoms with Crippen LogP contribution in [-0.4, -0.2) is 42.6 Å². The van der Waals surface area contributed by atoms with Crippen LogP contribution in [0.3, 0.4) is 0 Å². The van der Waals surface area contributed by atoms with Gasteiger partial charge in [-0.25, -0.2) is 0 Å². The first-order chi connectivity index (χ1) is 7.14. The fourth-order valence-corrected chi connectivity index (χ4v) is 1.81. The predicted octanol–water partition coefficient (Wildman–Crippen LogP) is 0.753. The number of ether oxygens (including phenoxy) is 1. The highest BCUT2D eigenvalue weighted by atomic mass is 16.5. The number of rotatable bonds is 6. The van der Waals surface area contributed by atoms with Crippen LogP contribution in [0, 0.1) is 0 Å². The minimum absolute atomic E-state index is 0.0935. The minimum Gasteiger partial charge on any atom is -0.380 e. The fourth-order valence-electron chi connectivity index (χ4n) is 1.81. The van der Waals surface area contributed by atoms with Gasteiger partial charge in [-0.2, -0.15) is 0 Å². The summed E-state index contributed by atoms with van der Waals surface area (Å²) in [6.07, 6.45) is 2.74. The number of nitrogens with zero attached hydrogens (tertiary/aromatic N) is 1. The molecule has 0 aromatic heterocycles. The summed E-state index contributed by atoms with van der Waals surface area (Å²) in [6.45, 7) is 6.60. The first kappa shape index (κ1) is 12.5. The van der Waals surface area contributed by atoms with Crippen LogP contribution in [0.4, 0.5) is 0 Å². The predicted molar refractivity (Wildman–Crippen MR) is 59.5 cm³/mol. The molecule has 88 valence electrons. The van der Waals surface area contributed by atoms with E-state index >= 15 is 0 Å². The van der Waals surface area contributed by atoms with Gasteiger partial charge in [0.05, 0.1) is 12.1 Å². The van der Waals surface area contributed by atoms with Gasteiger partial charge in [0.2, 0.25) is 5.91 Å². The Labute approximate surface area is 91.8 Å². The smallest absolute Gasteiger partial charge is 0.242 e. The molecular weight excluding hydrogens is 192 g/mol. The van der Waals surface area contributed by atoms with Gasteiger partial charge in [-0.15, -0.1) is 0 Å². The van der Waals surface area contributed by atoms with Gasteiger partial charge in [0.25, 0.3) is 0 Å². The number of likely N-dealkylation sites (N-methyl/N-ethyl adjacent to an activating group) is 1. The monoisotopic (exact) mass is 214 g/mol. The van der Waals surface area contributed by atoms with Crippen LogP contribution < -0.4 is 5.73 Å². The first-order valence-corrected chi connectivity index (χ1v) is 5.80. The molecule has 0 saturated heterocycles. The minimum atomic E-state index is -0.567. The zero-order chi connectivity index (χ0) is 11.3. The first-order valence-electron chi connectivity index (χ1n) is 5.80. The van der Waals surface area contributed by atoms with Crippen molar-refractivity contribution in [2.45, 2.75) is 38.6 Å². The van der Waals surface area contributed by atoms with Crippen molar-refractivity contribution in [3.63, 3.8) is 0 Å². The largest absolute Gasteiger partial charge is 0.380 e. The molecule has 1 amide bonds. The van der Waals surface area contributed by atoms with Crippen molar-refractivity contribution in [1.82, 2.24) is 4.90 Å². The molecule has 1 aliphatic carbocycles. The van der Waals surface area contributed by atoms with Crippen molar-refractivity contribution >= 4 is 5.91 Å². The number of nitrogens with two attached hydrogens (primary N) is 1. The fraction of sp³-hybridized carbons (Fsp3) is 0.909. The molecule has 0 aromatic rings. The Morgan fingerprint density at radius 2 is 2.13 bits per heavy atom. The van der Waals surface area contributed by atoms with Gasteiger partial charge in [-0.1, -0.05) is 0 Å². The third-order valence-electron chi connectivity index (χ3n) is 3.05. The summed E-state index contributed by atoms with van der Waals surface area (Å²) in [5.41, 5.74) is 5.43. The average molecular weight is 214 g/mol. The lowest BCUT2D eigenvalue weighted by Crippen LogP contribution is -2.59. The van der Waals surface area contributed by atoms with E-state index in [9.17, 15) is 4.79 Å². The summed E-state index contributed by atoms with van der Waals surface area (Å²) >= 11 is 0. The van der Waals surface area contributed by atoms with Crippen LogP contribution >= 0.6 is 0 Å². The van der Waals surface area contributed by atoms with Crippen molar-refractivity contribution in [1.29, 1.82) is 0 Å². The molecule has 4 heteroatoms. The summed E-state index contributed by atoms with van der Waals surface area (Å²) in [7, 11) is 0. The van der Waals surface area contributed by atoms with Crippen LogP contribution in [0.1, 0.15) is 33.1 Å². The maximum Gasteiger partial charge on any atom is 0.242 e. The molecule has 1 aliphatic rings. The van der Waals surface area contributed by atoms with Gasteiger partial charge in [0.1, 0.15) is 0 Å². The number of carbonyl (C=O) groups excluding carboxylic acids is 1. The molecule has 1 rings (SSSR count). The van der Waals surface area contributed by atoms with E-state index in [1.165, 1.54) is 0 Å². The maximum absolute atomic E-state index is 12.0. The molecule has 0 spiro atoms. The highest BCUT2D eigenvalue weighted by molar-refractivity contribution is 5.87. The van der Waals surface area contributed by atoms with Crippen LogP contribution in [-0.2, 0) is 9.53 Å². The van der Waals surface area contributed by atoms with E-state index in [4.69, 9.17) is 10.5 Å². The third-order valence-corrected chi connectivity index (χ3v) is 3.05. The Bertz CT molecular complexity index is 215. The molecule has 15 heavy (non-hydrogen) atoms. The van der Waals surface area contributed by atoms with E-state index in [1.807, 2.05) is 13.8 Å². The van der Waals surface area contributed by atoms with Crippen LogP contribution in [0.2, 0.25) is 0 Å². The number of amides is 1. The van der Waals surface area contributed by atoms with Gasteiger partial charge in [-0.05, 0) is 33.1 Å². The lowest BCUT2D eigenvalue weighted by molar-refractivity contribution is -0.140. The molecule has 0 aliphatic heterocycles. The van der Waals surface area contributed by atoms with Crippen molar-refractivity contribution in [2.24, 2.45) is 5.73 Å². The summed E-state index contributed by atoms with van der Waals surface area (Å²) in [6, 6.07) is 0. The second-order valence-electron chi connectivity index (χ2n) is 4.09. The molecule has 0 heterocycles. The van der Waals surface area contributed by atoms with Crippen molar-refractivity contribution < 1.29 is 9.53 Å². The number of carbonyl (C=O) groups is 1. The summed E-state index contributed by atoms with van der Waals surface area (Å²) in [5, 5.41) is 0. The highest BCUT2D eigenvalue weighted by Crippen LogP contribution is 2.30. The lowest BCUT2D eigenvalue weighted by atomic mass is 9.76. The zero-order valence-corrected chi connectivity index (χ0v) is 9.79. The second-order valence-corrected chi connectivity index (χ2v) is 4.09. The van der Waals surface area contributed by atoms with Gasteiger partial charge in [0.15, 0.2) is 0 Å². The molecule has 2 N–H and O–H groups in total. The molecular formula is C11H22N2O2. The normalized spacial score (nSPS) is 18.3. The van der Waals surface area contributed by atoms with E-state index in [0.717, 1.165) is 19.3 Å². The Morgan fingerprint density at radius 3 is 2.53 bits per heavy atom. The van der Waals surface area contributed by atoms with E-state index in [2.05, 4.69) is 0 Å². The van der Waals surface area contributed by atoms with Gasteiger partial charge in [-0.3, -0.25) is 4.79 Å². The van der Waals surface area contributed by atoms with E-state index in [-0.39, 0.29) is 5.91 Å². The molecule has 0 aromatic carbocycles. The Kier molecular flexibility index (Phi) is 4.54. The molecule has 1 fully saturated rings. The molecule has 0 radical (unpaired) electrons. The Hall–Kier alpha value is -0.610. The Balaban J connectivity index is 2.39. The lowest BCUT2D eigenvalue weighted by Gasteiger charge is -2.40. The quantitative estimate of drug-likeness (QED) is 0.664. The summed E-state index contributed by atoms with van der Waals surface area (Å²) < 4.78 is 5.25. The second kappa shape index (κ2) is 5.47. The van der Waals surface area contributed by atoms with Crippen LogP contribution in [0.5, 0.6) is 0 Å². The van der Waals surface area contributed by atoms with E-state index < -0.39 is 5.54 Å². The number of hydrogen-bond donors (Lipinski definition) is 1. The molecule has 0 bridgehead atoms. The van der Waals surface area contributed by atoms with Crippen LogP contribution in [0.25, 0.3) is 0 Å². The Morgan fingerprint density at radius 1 is 1.47 bits per heavy atom. The third kappa shape index (κ3) is 2.92. The topological polar surface area (TPSA) is 55.6 Å². The molecule has 4 nitrogen and oxygen atoms in total. The van der Waals surface area contributed by atoms with E-state index in [0.29, 0.717) is 26.3 Å². The van der Waals surface area contributed by atoms with Crippen molar-refractivity contribution in [2.75, 3.05) is 26.3 Å². The molecule has 0 atom stereocenters. The van der Waals surface area contributed by atoms with Crippen molar-refractivity contribution in [3.8, 4) is 0 Å². The molecule has 1 saturated carbocycles. The molecule has 0 unspecified atom stereocenters. The van der Waals surface area contributed by atoms with Gasteiger partial charge >= 0.3 is 0 Å². The highest BCUT2D eigenvalue weighted by Gasteiger charge is 2.42. The summed E-state index contributed by atoms with van der Waals surface area (Å²) in [5.74, 6) is 0.0935. The number of hydrogen-bond acceptors (Lipinski definition) is 3. The summed E-state index contributed by atoms with van der Waals surface area (Å²) in [4.78, 5) is 13.8. The van der Waals surface area contributed by atoms with Gasteiger partial charge < -0.3 is 15.4 Å². The van der Waals surface area contributed by atoms with Crippen molar-refractivity contribution in [3.05, 3.63) is 0 Å². The van der Waals surface area contributed by atoms with Crippen LogP contribution in [0.15, 0.2) is 0 Å². The standard InChI is InChI=1S/C11H22N2O2/c1-3-13(8-9-15-4-2)10(14)11(12)6-5-7-11/h3-9,12H2,1-2H3. The maximum atomic E-state index is 12.0.